The van der Waals surface area contributed by atoms with Gasteiger partial charge in [0.1, 0.15) is 5.75 Å². The summed E-state index contributed by atoms with van der Waals surface area (Å²) in [5.74, 6) is 1.20. The van der Waals surface area contributed by atoms with Crippen molar-refractivity contribution >= 4 is 11.6 Å². The van der Waals surface area contributed by atoms with Gasteiger partial charge in [-0.2, -0.15) is 0 Å². The molecule has 0 saturated heterocycles. The minimum atomic E-state index is -0.114. The highest BCUT2D eigenvalue weighted by Gasteiger charge is 2.15. The van der Waals surface area contributed by atoms with Gasteiger partial charge in [-0.3, -0.25) is 4.79 Å². The lowest BCUT2D eigenvalue weighted by Gasteiger charge is -2.21. The van der Waals surface area contributed by atoms with E-state index in [2.05, 4.69) is 5.32 Å². The van der Waals surface area contributed by atoms with Crippen molar-refractivity contribution in [2.45, 2.75) is 38.5 Å². The molecule has 3 N–H and O–H groups in total. The Morgan fingerprint density at radius 3 is 2.80 bits per heavy atom. The van der Waals surface area contributed by atoms with Crippen LogP contribution in [0.5, 0.6) is 5.75 Å². The zero-order valence-corrected chi connectivity index (χ0v) is 12.2. The van der Waals surface area contributed by atoms with E-state index in [-0.39, 0.29) is 5.91 Å². The number of anilines is 1. The highest BCUT2D eigenvalue weighted by atomic mass is 16.5. The number of carbonyl (C=O) groups excluding carboxylic acids is 1. The monoisotopic (exact) mass is 276 g/mol. The number of nitrogens with one attached hydrogen (secondary N) is 1. The Balaban J connectivity index is 1.85. The number of rotatable bonds is 5. The van der Waals surface area contributed by atoms with Gasteiger partial charge in [-0.25, -0.2) is 0 Å². The summed E-state index contributed by atoms with van der Waals surface area (Å²) in [5.41, 5.74) is 6.82. The van der Waals surface area contributed by atoms with Crippen LogP contribution in [0.25, 0.3) is 0 Å². The predicted octanol–water partition coefficient (Wildman–Crippen LogP) is 2.98. The predicted molar refractivity (Wildman–Crippen MR) is 80.9 cm³/mol. The van der Waals surface area contributed by atoms with Gasteiger partial charge in [0.2, 0.25) is 0 Å². The maximum atomic E-state index is 12.1. The van der Waals surface area contributed by atoms with Crippen molar-refractivity contribution in [1.29, 1.82) is 0 Å². The second-order valence-corrected chi connectivity index (χ2v) is 5.47. The first kappa shape index (κ1) is 14.7. The Labute approximate surface area is 120 Å². The fourth-order valence-corrected chi connectivity index (χ4v) is 2.88. The maximum Gasteiger partial charge on any atom is 0.253 e. The van der Waals surface area contributed by atoms with Crippen LogP contribution in [0.15, 0.2) is 18.2 Å². The molecule has 2 rings (SSSR count). The van der Waals surface area contributed by atoms with Crippen LogP contribution in [0.1, 0.15) is 48.9 Å². The van der Waals surface area contributed by atoms with E-state index in [4.69, 9.17) is 10.5 Å². The zero-order chi connectivity index (χ0) is 14.4. The number of hydrogen-bond acceptors (Lipinski definition) is 3. The minimum absolute atomic E-state index is 0.114. The highest BCUT2D eigenvalue weighted by molar-refractivity contribution is 6.00. The van der Waals surface area contributed by atoms with Crippen molar-refractivity contribution < 1.29 is 9.53 Å². The lowest BCUT2D eigenvalue weighted by atomic mass is 9.87. The lowest BCUT2D eigenvalue weighted by molar-refractivity contribution is 0.0951. The Morgan fingerprint density at radius 2 is 2.10 bits per heavy atom. The fourth-order valence-electron chi connectivity index (χ4n) is 2.88. The van der Waals surface area contributed by atoms with Crippen LogP contribution in [0.2, 0.25) is 0 Å². The molecular weight excluding hydrogens is 252 g/mol. The van der Waals surface area contributed by atoms with Crippen molar-refractivity contribution in [2.75, 3.05) is 19.4 Å². The van der Waals surface area contributed by atoms with Crippen molar-refractivity contribution in [3.8, 4) is 5.75 Å². The van der Waals surface area contributed by atoms with E-state index >= 15 is 0 Å². The molecule has 20 heavy (non-hydrogen) atoms. The molecule has 1 saturated carbocycles. The van der Waals surface area contributed by atoms with E-state index in [9.17, 15) is 4.79 Å². The van der Waals surface area contributed by atoms with Crippen molar-refractivity contribution in [1.82, 2.24) is 5.32 Å². The molecule has 0 heterocycles. The Morgan fingerprint density at radius 1 is 1.35 bits per heavy atom. The summed E-state index contributed by atoms with van der Waals surface area (Å²) in [6.07, 6.45) is 7.70. The summed E-state index contributed by atoms with van der Waals surface area (Å²) >= 11 is 0. The highest BCUT2D eigenvalue weighted by Crippen LogP contribution is 2.26. The van der Waals surface area contributed by atoms with Crippen LogP contribution in [0, 0.1) is 5.92 Å². The first-order valence-electron chi connectivity index (χ1n) is 7.43. The van der Waals surface area contributed by atoms with Crippen LogP contribution < -0.4 is 15.8 Å². The average molecular weight is 276 g/mol. The molecule has 1 aromatic carbocycles. The number of para-hydroxylation sites is 1. The largest absolute Gasteiger partial charge is 0.495 e. The maximum absolute atomic E-state index is 12.1. The molecule has 4 nitrogen and oxygen atoms in total. The van der Waals surface area contributed by atoms with Crippen molar-refractivity contribution in [3.05, 3.63) is 23.8 Å². The third-order valence-electron chi connectivity index (χ3n) is 4.09. The van der Waals surface area contributed by atoms with Crippen LogP contribution in [-0.4, -0.2) is 19.6 Å². The molecule has 1 amide bonds. The van der Waals surface area contributed by atoms with Crippen LogP contribution in [0.4, 0.5) is 5.69 Å². The number of nitrogens with two attached hydrogens (primary N) is 1. The molecule has 0 spiro atoms. The lowest BCUT2D eigenvalue weighted by Crippen LogP contribution is -2.27. The third kappa shape index (κ3) is 3.65. The fraction of sp³-hybridized carbons (Fsp3) is 0.562. The van der Waals surface area contributed by atoms with Gasteiger partial charge in [0.15, 0.2) is 0 Å². The molecular formula is C16H24N2O2. The summed E-state index contributed by atoms with van der Waals surface area (Å²) in [7, 11) is 1.55. The van der Waals surface area contributed by atoms with Crippen LogP contribution in [-0.2, 0) is 0 Å². The molecule has 0 atom stereocenters. The van der Waals surface area contributed by atoms with Gasteiger partial charge in [0.05, 0.1) is 18.4 Å². The number of carbonyl (C=O) groups is 1. The number of methoxy groups -OCH3 is 1. The van der Waals surface area contributed by atoms with Gasteiger partial charge in [0, 0.05) is 6.54 Å². The molecule has 0 aliphatic heterocycles. The molecule has 0 radical (unpaired) electrons. The molecule has 1 fully saturated rings. The third-order valence-corrected chi connectivity index (χ3v) is 4.09. The van der Waals surface area contributed by atoms with Gasteiger partial charge in [-0.05, 0) is 24.5 Å². The van der Waals surface area contributed by atoms with E-state index in [0.717, 1.165) is 18.9 Å². The topological polar surface area (TPSA) is 64.3 Å². The number of amides is 1. The molecule has 0 aromatic heterocycles. The first-order chi connectivity index (χ1) is 9.72. The second kappa shape index (κ2) is 7.17. The molecule has 4 heteroatoms. The summed E-state index contributed by atoms with van der Waals surface area (Å²) in [6.45, 7) is 0.722. The van der Waals surface area contributed by atoms with Crippen LogP contribution >= 0.6 is 0 Å². The number of nitrogen functional groups attached to an aromatic ring is 1. The minimum Gasteiger partial charge on any atom is -0.495 e. The zero-order valence-electron chi connectivity index (χ0n) is 12.2. The van der Waals surface area contributed by atoms with E-state index in [0.29, 0.717) is 17.0 Å². The molecule has 110 valence electrons. The van der Waals surface area contributed by atoms with E-state index in [1.165, 1.54) is 32.1 Å². The Kier molecular flexibility index (Phi) is 5.27. The number of hydrogen-bond donors (Lipinski definition) is 2. The quantitative estimate of drug-likeness (QED) is 0.813. The molecule has 0 bridgehead atoms. The van der Waals surface area contributed by atoms with Gasteiger partial charge in [-0.1, -0.05) is 38.2 Å². The molecule has 1 aromatic rings. The number of ether oxygens (including phenoxy) is 1. The normalized spacial score (nSPS) is 15.8. The van der Waals surface area contributed by atoms with E-state index < -0.39 is 0 Å². The van der Waals surface area contributed by atoms with Gasteiger partial charge >= 0.3 is 0 Å². The Bertz CT molecular complexity index is 454. The van der Waals surface area contributed by atoms with Gasteiger partial charge in [-0.15, -0.1) is 0 Å². The second-order valence-electron chi connectivity index (χ2n) is 5.47. The first-order valence-corrected chi connectivity index (χ1v) is 7.43. The molecule has 1 aliphatic carbocycles. The standard InChI is InChI=1S/C16H24N2O2/c1-20-14-9-5-8-13(15(14)17)16(19)18-11-10-12-6-3-2-4-7-12/h5,8-9,12H,2-4,6-7,10-11,17H2,1H3,(H,18,19). The summed E-state index contributed by atoms with van der Waals surface area (Å²) in [5, 5.41) is 2.96. The van der Waals surface area contributed by atoms with E-state index in [1.54, 1.807) is 25.3 Å². The molecule has 0 unspecified atom stereocenters. The summed E-state index contributed by atoms with van der Waals surface area (Å²) < 4.78 is 5.13. The average Bonchev–Trinajstić information content (AvgIpc) is 2.48. The van der Waals surface area contributed by atoms with Crippen LogP contribution in [0.3, 0.4) is 0 Å². The summed E-state index contributed by atoms with van der Waals surface area (Å²) in [6, 6.07) is 5.27. The number of benzene rings is 1. The van der Waals surface area contributed by atoms with Gasteiger partial charge < -0.3 is 15.8 Å². The Hall–Kier alpha value is -1.71. The van der Waals surface area contributed by atoms with Crippen molar-refractivity contribution in [2.24, 2.45) is 5.92 Å². The van der Waals surface area contributed by atoms with E-state index in [1.807, 2.05) is 0 Å². The summed E-state index contributed by atoms with van der Waals surface area (Å²) in [4.78, 5) is 12.1. The SMILES string of the molecule is COc1cccc(C(=O)NCCC2CCCCC2)c1N. The van der Waals surface area contributed by atoms with Gasteiger partial charge in [0.25, 0.3) is 5.91 Å². The molecule has 1 aliphatic rings. The van der Waals surface area contributed by atoms with Crippen molar-refractivity contribution in [3.63, 3.8) is 0 Å². The smallest absolute Gasteiger partial charge is 0.253 e.